The van der Waals surface area contributed by atoms with Gasteiger partial charge in [-0.1, -0.05) is 31.5 Å². The Morgan fingerprint density at radius 3 is 2.80 bits per heavy atom. The number of halogens is 1. The van der Waals surface area contributed by atoms with Crippen LogP contribution >= 0.6 is 0 Å². The maximum Gasteiger partial charge on any atom is 0.129 e. The molecule has 1 aromatic rings. The lowest BCUT2D eigenvalue weighted by Crippen LogP contribution is -2.32. The second-order valence-electron chi connectivity index (χ2n) is 4.71. The highest BCUT2D eigenvalue weighted by atomic mass is 19.1. The summed E-state index contributed by atoms with van der Waals surface area (Å²) in [5, 5.41) is 10.5. The van der Waals surface area contributed by atoms with Gasteiger partial charge in [-0.3, -0.25) is 0 Å². The van der Waals surface area contributed by atoms with Gasteiger partial charge in [0, 0.05) is 5.56 Å². The van der Waals surface area contributed by atoms with E-state index < -0.39 is 5.60 Å². The third kappa shape index (κ3) is 2.05. The van der Waals surface area contributed by atoms with Gasteiger partial charge in [0.25, 0.3) is 0 Å². The molecule has 0 radical (unpaired) electrons. The van der Waals surface area contributed by atoms with Gasteiger partial charge in [-0.05, 0) is 31.2 Å². The molecule has 2 rings (SSSR count). The third-order valence-corrected chi connectivity index (χ3v) is 3.35. The summed E-state index contributed by atoms with van der Waals surface area (Å²) in [6, 6.07) is 6.57. The molecule has 1 nitrogen and oxygen atoms in total. The van der Waals surface area contributed by atoms with Crippen LogP contribution in [0.3, 0.4) is 0 Å². The van der Waals surface area contributed by atoms with Crippen LogP contribution in [-0.2, 0) is 5.60 Å². The summed E-state index contributed by atoms with van der Waals surface area (Å²) in [6.45, 7) is 2.12. The molecular formula is C13H17FO. The average molecular weight is 208 g/mol. The van der Waals surface area contributed by atoms with Gasteiger partial charge in [-0.2, -0.15) is 0 Å². The lowest BCUT2D eigenvalue weighted by molar-refractivity contribution is -0.0207. The summed E-state index contributed by atoms with van der Waals surface area (Å²) in [4.78, 5) is 0. The zero-order chi connectivity index (χ0) is 10.9. The van der Waals surface area contributed by atoms with Crippen LogP contribution < -0.4 is 0 Å². The van der Waals surface area contributed by atoms with Gasteiger partial charge >= 0.3 is 0 Å². The van der Waals surface area contributed by atoms with Gasteiger partial charge in [-0.25, -0.2) is 4.39 Å². The van der Waals surface area contributed by atoms with Gasteiger partial charge in [0.15, 0.2) is 0 Å². The van der Waals surface area contributed by atoms with Crippen LogP contribution in [0.1, 0.15) is 38.2 Å². The van der Waals surface area contributed by atoms with E-state index in [9.17, 15) is 9.50 Å². The summed E-state index contributed by atoms with van der Waals surface area (Å²) in [5.74, 6) is 0.192. The highest BCUT2D eigenvalue weighted by Crippen LogP contribution is 2.40. The van der Waals surface area contributed by atoms with E-state index in [-0.39, 0.29) is 5.82 Å². The Hall–Kier alpha value is -0.890. The molecule has 1 N–H and O–H groups in total. The first-order valence-electron chi connectivity index (χ1n) is 5.59. The van der Waals surface area contributed by atoms with Crippen molar-refractivity contribution >= 4 is 0 Å². The number of hydrogen-bond acceptors (Lipinski definition) is 1. The van der Waals surface area contributed by atoms with Crippen LogP contribution in [0.25, 0.3) is 0 Å². The Kier molecular flexibility index (Phi) is 2.79. The number of benzene rings is 1. The van der Waals surface area contributed by atoms with Gasteiger partial charge in [0.05, 0.1) is 5.60 Å². The highest BCUT2D eigenvalue weighted by Gasteiger charge is 2.35. The third-order valence-electron chi connectivity index (χ3n) is 3.35. The number of hydrogen-bond donors (Lipinski definition) is 1. The Labute approximate surface area is 89.9 Å². The molecule has 0 bridgehead atoms. The van der Waals surface area contributed by atoms with Crippen molar-refractivity contribution in [3.05, 3.63) is 35.6 Å². The first kappa shape index (κ1) is 10.6. The minimum absolute atomic E-state index is 0.283. The molecule has 0 aromatic heterocycles. The normalized spacial score (nSPS) is 31.5. The van der Waals surface area contributed by atoms with Crippen LogP contribution in [0, 0.1) is 11.7 Å². The van der Waals surface area contributed by atoms with Crippen molar-refractivity contribution in [3.8, 4) is 0 Å². The zero-order valence-corrected chi connectivity index (χ0v) is 9.04. The van der Waals surface area contributed by atoms with Gasteiger partial charge in [0.1, 0.15) is 5.82 Å². The maximum atomic E-state index is 13.6. The first-order valence-corrected chi connectivity index (χ1v) is 5.59. The molecule has 2 heteroatoms. The van der Waals surface area contributed by atoms with E-state index in [4.69, 9.17) is 0 Å². The van der Waals surface area contributed by atoms with Crippen LogP contribution in [0.5, 0.6) is 0 Å². The van der Waals surface area contributed by atoms with E-state index in [2.05, 4.69) is 6.92 Å². The molecule has 0 saturated heterocycles. The number of aliphatic hydroxyl groups is 1. The molecule has 15 heavy (non-hydrogen) atoms. The molecule has 1 aliphatic carbocycles. The molecule has 0 heterocycles. The molecule has 82 valence electrons. The van der Waals surface area contributed by atoms with Crippen molar-refractivity contribution in [3.63, 3.8) is 0 Å². The lowest BCUT2D eigenvalue weighted by atomic mass is 9.75. The summed E-state index contributed by atoms with van der Waals surface area (Å²) in [5.41, 5.74) is -0.472. The fraction of sp³-hybridized carbons (Fsp3) is 0.538. The molecule has 1 aromatic carbocycles. The van der Waals surface area contributed by atoms with Crippen molar-refractivity contribution in [2.24, 2.45) is 5.92 Å². The minimum Gasteiger partial charge on any atom is -0.385 e. The standard InChI is InChI=1S/C13H17FO/c1-10-5-4-8-13(15,9-10)11-6-2-3-7-12(11)14/h2-3,6-7,10,15H,4-5,8-9H2,1H3/t10-,13-/m0/s1. The van der Waals surface area contributed by atoms with Crippen molar-refractivity contribution in [2.45, 2.75) is 38.2 Å². The molecule has 0 aliphatic heterocycles. The van der Waals surface area contributed by atoms with Crippen molar-refractivity contribution in [2.75, 3.05) is 0 Å². The van der Waals surface area contributed by atoms with Gasteiger partial charge in [-0.15, -0.1) is 0 Å². The summed E-state index contributed by atoms with van der Waals surface area (Å²) >= 11 is 0. The van der Waals surface area contributed by atoms with E-state index in [1.807, 2.05) is 0 Å². The molecule has 1 aliphatic rings. The van der Waals surface area contributed by atoms with Crippen LogP contribution in [0.15, 0.2) is 24.3 Å². The van der Waals surface area contributed by atoms with E-state index in [1.54, 1.807) is 18.2 Å². The summed E-state index contributed by atoms with van der Waals surface area (Å²) in [6.07, 6.45) is 3.47. The zero-order valence-electron chi connectivity index (χ0n) is 9.04. The van der Waals surface area contributed by atoms with Crippen LogP contribution in [-0.4, -0.2) is 5.11 Å². The van der Waals surface area contributed by atoms with E-state index in [0.29, 0.717) is 24.3 Å². The highest BCUT2D eigenvalue weighted by molar-refractivity contribution is 5.24. The van der Waals surface area contributed by atoms with Crippen LogP contribution in [0.2, 0.25) is 0 Å². The fourth-order valence-electron chi connectivity index (χ4n) is 2.61. The molecule has 1 fully saturated rings. The Balaban J connectivity index is 2.32. The predicted molar refractivity (Wildman–Crippen MR) is 57.9 cm³/mol. The molecule has 1 saturated carbocycles. The van der Waals surface area contributed by atoms with E-state index in [1.165, 1.54) is 6.07 Å². The molecule has 0 unspecified atom stereocenters. The predicted octanol–water partition coefficient (Wildman–Crippen LogP) is 3.22. The van der Waals surface area contributed by atoms with E-state index >= 15 is 0 Å². The maximum absolute atomic E-state index is 13.6. The molecule has 2 atom stereocenters. The van der Waals surface area contributed by atoms with E-state index in [0.717, 1.165) is 12.8 Å². The van der Waals surface area contributed by atoms with Crippen molar-refractivity contribution < 1.29 is 9.50 Å². The number of rotatable bonds is 1. The molecular weight excluding hydrogens is 191 g/mol. The topological polar surface area (TPSA) is 20.2 Å². The summed E-state index contributed by atoms with van der Waals surface area (Å²) < 4.78 is 13.6. The second kappa shape index (κ2) is 3.93. The van der Waals surface area contributed by atoms with Gasteiger partial charge < -0.3 is 5.11 Å². The Bertz CT molecular complexity index is 350. The second-order valence-corrected chi connectivity index (χ2v) is 4.71. The quantitative estimate of drug-likeness (QED) is 0.751. The monoisotopic (exact) mass is 208 g/mol. The van der Waals surface area contributed by atoms with Crippen LogP contribution in [0.4, 0.5) is 4.39 Å². The van der Waals surface area contributed by atoms with Gasteiger partial charge in [0.2, 0.25) is 0 Å². The average Bonchev–Trinajstić information content (AvgIpc) is 2.17. The molecule has 0 spiro atoms. The largest absolute Gasteiger partial charge is 0.385 e. The lowest BCUT2D eigenvalue weighted by Gasteiger charge is -2.36. The first-order chi connectivity index (χ1) is 7.12. The summed E-state index contributed by atoms with van der Waals surface area (Å²) in [7, 11) is 0. The Morgan fingerprint density at radius 1 is 1.40 bits per heavy atom. The minimum atomic E-state index is -0.941. The van der Waals surface area contributed by atoms with Crippen molar-refractivity contribution in [1.29, 1.82) is 0 Å². The van der Waals surface area contributed by atoms with Crippen molar-refractivity contribution in [1.82, 2.24) is 0 Å². The fourth-order valence-corrected chi connectivity index (χ4v) is 2.61. The molecule has 0 amide bonds. The SMILES string of the molecule is C[C@H]1CCC[C@@](O)(c2ccccc2F)C1. The smallest absolute Gasteiger partial charge is 0.129 e. The Morgan fingerprint density at radius 2 is 2.13 bits per heavy atom.